The Morgan fingerprint density at radius 3 is 2.70 bits per heavy atom. The van der Waals surface area contributed by atoms with Crippen molar-refractivity contribution < 1.29 is 22.1 Å². The van der Waals surface area contributed by atoms with Gasteiger partial charge in [0.1, 0.15) is 29.6 Å². The number of nitriles is 1. The van der Waals surface area contributed by atoms with E-state index in [4.69, 9.17) is 9.26 Å². The van der Waals surface area contributed by atoms with Crippen molar-refractivity contribution in [1.82, 2.24) is 10.1 Å². The van der Waals surface area contributed by atoms with Gasteiger partial charge in [0.05, 0.1) is 17.6 Å². The minimum absolute atomic E-state index is 0.0471. The van der Waals surface area contributed by atoms with Crippen LogP contribution in [0.15, 0.2) is 70.5 Å². The summed E-state index contributed by atoms with van der Waals surface area (Å²) in [6.45, 7) is 0. The SMILES string of the molecule is COc1cc(F)c(C#N)cc1N(c1ccon1)S(=O)(=O)c1ccc2cnccc2c1. The molecule has 0 saturated carbocycles. The smallest absolute Gasteiger partial charge is 0.270 e. The number of anilines is 2. The minimum Gasteiger partial charge on any atom is -0.494 e. The van der Waals surface area contributed by atoms with E-state index in [0.717, 1.165) is 21.8 Å². The Morgan fingerprint density at radius 1 is 1.17 bits per heavy atom. The standard InChI is InChI=1S/C20H13FN4O4S/c1-28-19-10-17(21)15(11-22)9-18(19)25(20-5-7-29-24-20)30(26,27)16-3-2-14-12-23-6-4-13(14)8-16/h2-10,12H,1H3. The average molecular weight is 424 g/mol. The molecule has 0 radical (unpaired) electrons. The van der Waals surface area contributed by atoms with Gasteiger partial charge in [-0.05, 0) is 29.7 Å². The molecule has 0 fully saturated rings. The van der Waals surface area contributed by atoms with Gasteiger partial charge in [0, 0.05) is 29.9 Å². The van der Waals surface area contributed by atoms with Crippen LogP contribution in [0.1, 0.15) is 5.56 Å². The summed E-state index contributed by atoms with van der Waals surface area (Å²) >= 11 is 0. The highest BCUT2D eigenvalue weighted by Crippen LogP contribution is 2.39. The number of methoxy groups -OCH3 is 1. The third kappa shape index (κ3) is 3.21. The Balaban J connectivity index is 1.97. The highest BCUT2D eigenvalue weighted by molar-refractivity contribution is 7.93. The van der Waals surface area contributed by atoms with Gasteiger partial charge >= 0.3 is 0 Å². The van der Waals surface area contributed by atoms with Crippen molar-refractivity contribution in [2.45, 2.75) is 4.90 Å². The molecule has 0 amide bonds. The first-order valence-corrected chi connectivity index (χ1v) is 9.97. The Hall–Kier alpha value is -3.97. The maximum Gasteiger partial charge on any atom is 0.270 e. The number of halogens is 1. The van der Waals surface area contributed by atoms with Crippen molar-refractivity contribution in [3.05, 3.63) is 72.5 Å². The zero-order chi connectivity index (χ0) is 21.3. The first-order chi connectivity index (χ1) is 14.5. The van der Waals surface area contributed by atoms with Gasteiger partial charge in [-0.2, -0.15) is 5.26 Å². The highest BCUT2D eigenvalue weighted by atomic mass is 32.2. The summed E-state index contributed by atoms with van der Waals surface area (Å²) in [5, 5.41) is 14.4. The molecule has 0 aliphatic heterocycles. The van der Waals surface area contributed by atoms with Crippen molar-refractivity contribution in [1.29, 1.82) is 5.26 Å². The molecule has 0 N–H and O–H groups in total. The molecule has 30 heavy (non-hydrogen) atoms. The number of rotatable bonds is 5. The van der Waals surface area contributed by atoms with Gasteiger partial charge in [0.15, 0.2) is 5.82 Å². The predicted octanol–water partition coefficient (Wildman–Crippen LogP) is 3.77. The number of nitrogens with zero attached hydrogens (tertiary/aromatic N) is 4. The molecule has 2 aromatic heterocycles. The topological polar surface area (TPSA) is 109 Å². The van der Waals surface area contributed by atoms with Crippen molar-refractivity contribution in [3.8, 4) is 11.8 Å². The molecule has 0 spiro atoms. The van der Waals surface area contributed by atoms with E-state index in [1.165, 1.54) is 31.6 Å². The van der Waals surface area contributed by atoms with Crippen LogP contribution in [0.4, 0.5) is 15.9 Å². The second kappa shape index (κ2) is 7.46. The quantitative estimate of drug-likeness (QED) is 0.480. The number of fused-ring (bicyclic) bond motifs is 1. The lowest BCUT2D eigenvalue weighted by atomic mass is 10.2. The van der Waals surface area contributed by atoms with Crippen molar-refractivity contribution in [2.75, 3.05) is 11.4 Å². The van der Waals surface area contributed by atoms with E-state index in [-0.39, 0.29) is 27.7 Å². The molecule has 4 aromatic rings. The van der Waals surface area contributed by atoms with E-state index < -0.39 is 15.8 Å². The van der Waals surface area contributed by atoms with Crippen LogP contribution in [0.3, 0.4) is 0 Å². The lowest BCUT2D eigenvalue weighted by Crippen LogP contribution is -2.27. The summed E-state index contributed by atoms with van der Waals surface area (Å²) in [6, 6.07) is 11.3. The van der Waals surface area contributed by atoms with Crippen molar-refractivity contribution in [2.24, 2.45) is 0 Å². The first kappa shape index (κ1) is 19.4. The third-order valence-electron chi connectivity index (χ3n) is 4.39. The Bertz CT molecular complexity index is 1380. The summed E-state index contributed by atoms with van der Waals surface area (Å²) in [4.78, 5) is 3.97. The van der Waals surface area contributed by atoms with Gasteiger partial charge in [-0.15, -0.1) is 0 Å². The van der Waals surface area contributed by atoms with Gasteiger partial charge in [0.25, 0.3) is 10.0 Å². The summed E-state index contributed by atoms with van der Waals surface area (Å²) in [5.74, 6) is -1.02. The number of benzene rings is 2. The highest BCUT2D eigenvalue weighted by Gasteiger charge is 2.32. The van der Waals surface area contributed by atoms with E-state index in [1.54, 1.807) is 30.6 Å². The molecule has 8 nitrogen and oxygen atoms in total. The van der Waals surface area contributed by atoms with Crippen LogP contribution >= 0.6 is 0 Å². The largest absolute Gasteiger partial charge is 0.494 e. The lowest BCUT2D eigenvalue weighted by Gasteiger charge is -2.24. The molecule has 0 aliphatic carbocycles. The molecule has 0 aliphatic rings. The maximum absolute atomic E-state index is 14.1. The zero-order valence-electron chi connectivity index (χ0n) is 15.5. The molecule has 2 heterocycles. The molecular weight excluding hydrogens is 411 g/mol. The predicted molar refractivity (Wildman–Crippen MR) is 105 cm³/mol. The summed E-state index contributed by atoms with van der Waals surface area (Å²) in [5.41, 5.74) is -0.432. The molecular formula is C20H13FN4O4S. The van der Waals surface area contributed by atoms with Crippen LogP contribution in [0, 0.1) is 17.1 Å². The van der Waals surface area contributed by atoms with Crippen molar-refractivity contribution >= 4 is 32.3 Å². The van der Waals surface area contributed by atoms with Gasteiger partial charge in [-0.3, -0.25) is 4.98 Å². The first-order valence-electron chi connectivity index (χ1n) is 8.53. The molecule has 0 bridgehead atoms. The molecule has 0 unspecified atom stereocenters. The molecule has 150 valence electrons. The zero-order valence-corrected chi connectivity index (χ0v) is 16.3. The maximum atomic E-state index is 14.1. The minimum atomic E-state index is -4.26. The van der Waals surface area contributed by atoms with Crippen LogP contribution in [0.25, 0.3) is 10.8 Å². The Kier molecular flexibility index (Phi) is 4.81. The van der Waals surface area contributed by atoms with E-state index >= 15 is 0 Å². The normalized spacial score (nSPS) is 11.2. The summed E-state index contributed by atoms with van der Waals surface area (Å²) in [6.07, 6.45) is 4.37. The number of aromatic nitrogens is 2. The summed E-state index contributed by atoms with van der Waals surface area (Å²) < 4.78 is 52.2. The molecule has 10 heteroatoms. The van der Waals surface area contributed by atoms with Crippen LogP contribution in [-0.2, 0) is 10.0 Å². The average Bonchev–Trinajstić information content (AvgIpc) is 3.28. The van der Waals surface area contributed by atoms with Gasteiger partial charge < -0.3 is 9.26 Å². The molecule has 0 atom stereocenters. The monoisotopic (exact) mass is 424 g/mol. The van der Waals surface area contributed by atoms with Crippen LogP contribution in [0.5, 0.6) is 5.75 Å². The van der Waals surface area contributed by atoms with Gasteiger partial charge in [0.2, 0.25) is 0 Å². The number of sulfonamides is 1. The van der Waals surface area contributed by atoms with E-state index in [2.05, 4.69) is 10.1 Å². The second-order valence-electron chi connectivity index (χ2n) is 6.13. The summed E-state index contributed by atoms with van der Waals surface area (Å²) in [7, 11) is -3.00. The van der Waals surface area contributed by atoms with E-state index in [0.29, 0.717) is 5.39 Å². The van der Waals surface area contributed by atoms with Crippen LogP contribution in [0.2, 0.25) is 0 Å². The van der Waals surface area contributed by atoms with Gasteiger partial charge in [-0.25, -0.2) is 17.1 Å². The Labute approximate surface area is 170 Å². The fourth-order valence-electron chi connectivity index (χ4n) is 2.97. The van der Waals surface area contributed by atoms with Crippen LogP contribution in [-0.4, -0.2) is 25.7 Å². The fraction of sp³-hybridized carbons (Fsp3) is 0.0500. The lowest BCUT2D eigenvalue weighted by molar-refractivity contribution is 0.411. The van der Waals surface area contributed by atoms with Crippen LogP contribution < -0.4 is 9.04 Å². The number of ether oxygens (including phenoxy) is 1. The van der Waals surface area contributed by atoms with E-state index in [9.17, 15) is 18.1 Å². The number of hydrogen-bond donors (Lipinski definition) is 0. The number of hydrogen-bond acceptors (Lipinski definition) is 7. The molecule has 2 aromatic carbocycles. The third-order valence-corrected chi connectivity index (χ3v) is 6.10. The van der Waals surface area contributed by atoms with Gasteiger partial charge in [-0.1, -0.05) is 11.2 Å². The number of pyridine rings is 1. The molecule has 0 saturated heterocycles. The fourth-order valence-corrected chi connectivity index (χ4v) is 4.43. The Morgan fingerprint density at radius 2 is 2.00 bits per heavy atom. The second-order valence-corrected chi connectivity index (χ2v) is 7.91. The van der Waals surface area contributed by atoms with Crippen molar-refractivity contribution in [3.63, 3.8) is 0 Å². The molecule has 4 rings (SSSR count). The van der Waals surface area contributed by atoms with E-state index in [1.807, 2.05) is 0 Å².